The fourth-order valence-corrected chi connectivity index (χ4v) is 2.69. The van der Waals surface area contributed by atoms with E-state index in [0.29, 0.717) is 16.3 Å². The predicted octanol–water partition coefficient (Wildman–Crippen LogP) is 4.13. The number of alkyl halides is 3. The molecule has 0 bridgehead atoms. The van der Waals surface area contributed by atoms with Crippen molar-refractivity contribution in [2.45, 2.75) is 6.18 Å². The molecule has 3 aromatic rings. The highest BCUT2D eigenvalue weighted by atomic mass is 35.5. The zero-order valence-electron chi connectivity index (χ0n) is 9.15. The van der Waals surface area contributed by atoms with Crippen LogP contribution in [-0.2, 0) is 6.18 Å². The topological polar surface area (TPSA) is 30.2 Å². The SMILES string of the molecule is FC(F)(F)c1nnc2scc(-c3ccc(Cl)cc3)n12. The van der Waals surface area contributed by atoms with Gasteiger partial charge in [0.05, 0.1) is 5.69 Å². The molecule has 3 rings (SSSR count). The summed E-state index contributed by atoms with van der Waals surface area (Å²) >= 11 is 6.87. The summed E-state index contributed by atoms with van der Waals surface area (Å²) in [4.78, 5) is 0.206. The van der Waals surface area contributed by atoms with E-state index in [1.54, 1.807) is 29.6 Å². The first-order valence-electron chi connectivity index (χ1n) is 5.12. The zero-order valence-corrected chi connectivity index (χ0v) is 10.7. The number of benzene rings is 1. The summed E-state index contributed by atoms with van der Waals surface area (Å²) in [6.45, 7) is 0. The number of hydrogen-bond donors (Lipinski definition) is 0. The molecule has 98 valence electrons. The maximum atomic E-state index is 12.8. The minimum Gasteiger partial charge on any atom is -0.262 e. The van der Waals surface area contributed by atoms with Gasteiger partial charge >= 0.3 is 6.18 Å². The fraction of sp³-hybridized carbons (Fsp3) is 0.0909. The van der Waals surface area contributed by atoms with Gasteiger partial charge in [0.2, 0.25) is 10.8 Å². The van der Waals surface area contributed by atoms with Crippen molar-refractivity contribution in [3.8, 4) is 11.3 Å². The Labute approximate surface area is 114 Å². The maximum Gasteiger partial charge on any atom is 0.452 e. The van der Waals surface area contributed by atoms with Crippen molar-refractivity contribution in [1.82, 2.24) is 14.6 Å². The van der Waals surface area contributed by atoms with Gasteiger partial charge in [-0.2, -0.15) is 13.2 Å². The van der Waals surface area contributed by atoms with Crippen LogP contribution in [0, 0.1) is 0 Å². The van der Waals surface area contributed by atoms with Gasteiger partial charge in [0, 0.05) is 10.4 Å². The van der Waals surface area contributed by atoms with Crippen molar-refractivity contribution in [1.29, 1.82) is 0 Å². The Morgan fingerprint density at radius 3 is 2.42 bits per heavy atom. The predicted molar refractivity (Wildman–Crippen MR) is 66.3 cm³/mol. The molecule has 2 aromatic heterocycles. The summed E-state index contributed by atoms with van der Waals surface area (Å²) in [5.41, 5.74) is 1.02. The van der Waals surface area contributed by atoms with Gasteiger partial charge in [-0.15, -0.1) is 21.5 Å². The van der Waals surface area contributed by atoms with Crippen LogP contribution < -0.4 is 0 Å². The molecule has 0 aliphatic carbocycles. The highest BCUT2D eigenvalue weighted by Gasteiger charge is 2.38. The third kappa shape index (κ3) is 2.08. The molecule has 0 aliphatic heterocycles. The first kappa shape index (κ1) is 12.4. The maximum absolute atomic E-state index is 12.8. The van der Waals surface area contributed by atoms with Crippen molar-refractivity contribution < 1.29 is 13.2 Å². The number of halogens is 4. The van der Waals surface area contributed by atoms with Crippen LogP contribution in [0.15, 0.2) is 29.6 Å². The number of aromatic nitrogens is 3. The van der Waals surface area contributed by atoms with Crippen molar-refractivity contribution >= 4 is 27.9 Å². The van der Waals surface area contributed by atoms with E-state index in [2.05, 4.69) is 10.2 Å². The Morgan fingerprint density at radius 1 is 1.11 bits per heavy atom. The molecule has 0 radical (unpaired) electrons. The quantitative estimate of drug-likeness (QED) is 0.676. The monoisotopic (exact) mass is 303 g/mol. The second kappa shape index (κ2) is 4.21. The number of rotatable bonds is 1. The minimum atomic E-state index is -4.54. The fourth-order valence-electron chi connectivity index (χ4n) is 1.73. The zero-order chi connectivity index (χ0) is 13.6. The average molecular weight is 304 g/mol. The van der Waals surface area contributed by atoms with Crippen molar-refractivity contribution in [2.24, 2.45) is 0 Å². The lowest BCUT2D eigenvalue weighted by Gasteiger charge is -2.05. The molecule has 0 N–H and O–H groups in total. The van der Waals surface area contributed by atoms with Crippen LogP contribution in [-0.4, -0.2) is 14.6 Å². The third-order valence-electron chi connectivity index (χ3n) is 2.54. The van der Waals surface area contributed by atoms with Gasteiger partial charge in [-0.25, -0.2) is 0 Å². The third-order valence-corrected chi connectivity index (χ3v) is 3.61. The van der Waals surface area contributed by atoms with Gasteiger partial charge in [-0.05, 0) is 17.7 Å². The van der Waals surface area contributed by atoms with Gasteiger partial charge in [0.25, 0.3) is 0 Å². The normalized spacial score (nSPS) is 12.2. The van der Waals surface area contributed by atoms with Gasteiger partial charge in [-0.3, -0.25) is 4.40 Å². The first-order chi connectivity index (χ1) is 8.97. The molecule has 1 aromatic carbocycles. The van der Waals surface area contributed by atoms with Crippen LogP contribution in [0.3, 0.4) is 0 Å². The average Bonchev–Trinajstić information content (AvgIpc) is 2.89. The Bertz CT molecular complexity index is 730. The molecule has 0 atom stereocenters. The smallest absolute Gasteiger partial charge is 0.262 e. The molecular weight excluding hydrogens is 299 g/mol. The highest BCUT2D eigenvalue weighted by molar-refractivity contribution is 7.15. The Hall–Kier alpha value is -1.60. The molecule has 8 heteroatoms. The van der Waals surface area contributed by atoms with Gasteiger partial charge < -0.3 is 0 Å². The molecule has 0 amide bonds. The van der Waals surface area contributed by atoms with Crippen molar-refractivity contribution in [3.63, 3.8) is 0 Å². The lowest BCUT2D eigenvalue weighted by atomic mass is 10.2. The molecule has 19 heavy (non-hydrogen) atoms. The summed E-state index contributed by atoms with van der Waals surface area (Å²) in [5.74, 6) is -1.02. The van der Waals surface area contributed by atoms with E-state index >= 15 is 0 Å². The molecule has 0 spiro atoms. The Kier molecular flexibility index (Phi) is 2.75. The van der Waals surface area contributed by atoms with E-state index in [9.17, 15) is 13.2 Å². The second-order valence-corrected chi connectivity index (χ2v) is 5.04. The van der Waals surface area contributed by atoms with Crippen LogP contribution in [0.2, 0.25) is 5.02 Å². The summed E-state index contributed by atoms with van der Waals surface area (Å²) in [6, 6.07) is 6.56. The molecule has 0 fully saturated rings. The van der Waals surface area contributed by atoms with Crippen LogP contribution in [0.5, 0.6) is 0 Å². The van der Waals surface area contributed by atoms with Crippen LogP contribution in [0.1, 0.15) is 5.82 Å². The molecule has 3 nitrogen and oxygen atoms in total. The van der Waals surface area contributed by atoms with Crippen molar-refractivity contribution in [3.05, 3.63) is 40.5 Å². The lowest BCUT2D eigenvalue weighted by molar-refractivity contribution is -0.145. The first-order valence-corrected chi connectivity index (χ1v) is 6.38. The number of thiazole rings is 1. The summed E-state index contributed by atoms with van der Waals surface area (Å²) in [7, 11) is 0. The number of nitrogens with zero attached hydrogens (tertiary/aromatic N) is 3. The Balaban J connectivity index is 2.24. The van der Waals surface area contributed by atoms with E-state index in [1.165, 1.54) is 0 Å². The second-order valence-electron chi connectivity index (χ2n) is 3.77. The van der Waals surface area contributed by atoms with Crippen molar-refractivity contribution in [2.75, 3.05) is 0 Å². The lowest BCUT2D eigenvalue weighted by Crippen LogP contribution is -2.11. The van der Waals surface area contributed by atoms with Crippen LogP contribution in [0.4, 0.5) is 13.2 Å². The largest absolute Gasteiger partial charge is 0.452 e. The van der Waals surface area contributed by atoms with E-state index in [1.807, 2.05) is 0 Å². The van der Waals surface area contributed by atoms with E-state index in [0.717, 1.165) is 15.7 Å². The summed E-state index contributed by atoms with van der Waals surface area (Å²) < 4.78 is 39.6. The van der Waals surface area contributed by atoms with E-state index in [-0.39, 0.29) is 4.96 Å². The summed E-state index contributed by atoms with van der Waals surface area (Å²) in [5, 5.41) is 8.87. The van der Waals surface area contributed by atoms with E-state index in [4.69, 9.17) is 11.6 Å². The van der Waals surface area contributed by atoms with Crippen LogP contribution >= 0.6 is 22.9 Å². The standard InChI is InChI=1S/C11H5ClF3N3S/c12-7-3-1-6(2-4-7)8-5-19-10-17-16-9(18(8)10)11(13,14)15/h1-5H. The number of fused-ring (bicyclic) bond motifs is 1. The van der Waals surface area contributed by atoms with Gasteiger partial charge in [0.15, 0.2) is 0 Å². The molecule has 0 saturated heterocycles. The number of hydrogen-bond acceptors (Lipinski definition) is 3. The molecule has 0 saturated carbocycles. The molecule has 0 unspecified atom stereocenters. The highest BCUT2D eigenvalue weighted by Crippen LogP contribution is 2.34. The summed E-state index contributed by atoms with van der Waals surface area (Å²) in [6.07, 6.45) is -4.54. The van der Waals surface area contributed by atoms with Gasteiger partial charge in [0.1, 0.15) is 0 Å². The molecule has 0 aliphatic rings. The molecule has 2 heterocycles. The molecular formula is C11H5ClF3N3S. The van der Waals surface area contributed by atoms with Crippen LogP contribution in [0.25, 0.3) is 16.2 Å². The van der Waals surface area contributed by atoms with E-state index < -0.39 is 12.0 Å². The minimum absolute atomic E-state index is 0.206. The Morgan fingerprint density at radius 2 is 1.79 bits per heavy atom. The van der Waals surface area contributed by atoms with Gasteiger partial charge in [-0.1, -0.05) is 23.7 Å².